The Labute approximate surface area is 93.5 Å². The second kappa shape index (κ2) is 5.92. The highest BCUT2D eigenvalue weighted by Gasteiger charge is 2.06. The van der Waals surface area contributed by atoms with Crippen LogP contribution in [-0.4, -0.2) is 14.1 Å². The fourth-order valence-corrected chi connectivity index (χ4v) is 1.79. The summed E-state index contributed by atoms with van der Waals surface area (Å²) in [6.07, 6.45) is 2.22. The average molecular weight is 214 g/mol. The molecule has 0 spiro atoms. The molecular weight excluding hydrogens is 194 g/mol. The summed E-state index contributed by atoms with van der Waals surface area (Å²) in [5.41, 5.74) is 4.31. The fourth-order valence-electron chi connectivity index (χ4n) is 1.79. The van der Waals surface area contributed by atoms with Crippen molar-refractivity contribution in [2.45, 2.75) is 26.7 Å². The van der Waals surface area contributed by atoms with Gasteiger partial charge >= 0.3 is 0 Å². The van der Waals surface area contributed by atoms with Crippen molar-refractivity contribution in [2.24, 2.45) is 0 Å². The van der Waals surface area contributed by atoms with Crippen LogP contribution in [0.25, 0.3) is 0 Å². The molecule has 0 N–H and O–H groups in total. The van der Waals surface area contributed by atoms with Gasteiger partial charge < -0.3 is 4.90 Å². The van der Waals surface area contributed by atoms with E-state index in [4.69, 9.17) is 0 Å². The van der Waals surface area contributed by atoms with Gasteiger partial charge in [-0.05, 0) is 24.0 Å². The number of para-hydroxylation sites is 1. The highest BCUT2D eigenvalue weighted by atomic mass is 35.5. The molecule has 1 aromatic carbocycles. The Morgan fingerprint density at radius 1 is 1.00 bits per heavy atom. The number of nitrogens with zero attached hydrogens (tertiary/aromatic N) is 1. The highest BCUT2D eigenvalue weighted by molar-refractivity contribution is 5.85. The van der Waals surface area contributed by atoms with Gasteiger partial charge in [0.2, 0.25) is 0 Å². The number of hydrogen-bond acceptors (Lipinski definition) is 1. The number of benzene rings is 1. The summed E-state index contributed by atoms with van der Waals surface area (Å²) in [7, 11) is 4.24. The number of halogens is 1. The molecule has 1 rings (SSSR count). The Hall–Kier alpha value is -0.690. The molecule has 0 bridgehead atoms. The van der Waals surface area contributed by atoms with Crippen molar-refractivity contribution in [3.05, 3.63) is 29.3 Å². The second-order valence-electron chi connectivity index (χ2n) is 3.53. The van der Waals surface area contributed by atoms with Crippen molar-refractivity contribution >= 4 is 18.1 Å². The van der Waals surface area contributed by atoms with Gasteiger partial charge in [0.15, 0.2) is 0 Å². The molecule has 14 heavy (non-hydrogen) atoms. The highest BCUT2D eigenvalue weighted by Crippen LogP contribution is 2.24. The van der Waals surface area contributed by atoms with E-state index >= 15 is 0 Å². The molecule has 0 fully saturated rings. The van der Waals surface area contributed by atoms with Gasteiger partial charge in [-0.2, -0.15) is 0 Å². The van der Waals surface area contributed by atoms with Crippen LogP contribution in [0.15, 0.2) is 18.2 Å². The molecule has 0 aliphatic rings. The average Bonchev–Trinajstić information content (AvgIpc) is 2.16. The van der Waals surface area contributed by atoms with Gasteiger partial charge in [-0.1, -0.05) is 32.0 Å². The standard InChI is InChI=1S/C12H19N.ClH/c1-5-10-8-7-9-11(6-2)12(10)13(3)4;/h7-9H,5-6H2,1-4H3;1H. The lowest BCUT2D eigenvalue weighted by Crippen LogP contribution is -2.13. The zero-order valence-corrected chi connectivity index (χ0v) is 10.3. The summed E-state index contributed by atoms with van der Waals surface area (Å²) >= 11 is 0. The fraction of sp³-hybridized carbons (Fsp3) is 0.500. The topological polar surface area (TPSA) is 3.24 Å². The molecular formula is C12H20ClN. The Morgan fingerprint density at radius 2 is 1.43 bits per heavy atom. The van der Waals surface area contributed by atoms with Crippen molar-refractivity contribution < 1.29 is 0 Å². The van der Waals surface area contributed by atoms with Crippen LogP contribution in [0.5, 0.6) is 0 Å². The normalized spacial score (nSPS) is 9.43. The van der Waals surface area contributed by atoms with Crippen LogP contribution < -0.4 is 4.90 Å². The van der Waals surface area contributed by atoms with Crippen molar-refractivity contribution in [2.75, 3.05) is 19.0 Å². The first kappa shape index (κ1) is 13.3. The molecule has 0 aliphatic heterocycles. The van der Waals surface area contributed by atoms with Crippen LogP contribution >= 0.6 is 12.4 Å². The van der Waals surface area contributed by atoms with Crippen LogP contribution in [0.1, 0.15) is 25.0 Å². The molecule has 0 aliphatic carbocycles. The minimum absolute atomic E-state index is 0. The third kappa shape index (κ3) is 2.65. The molecule has 0 heterocycles. The Kier molecular flexibility index (Phi) is 5.63. The van der Waals surface area contributed by atoms with E-state index in [1.807, 2.05) is 0 Å². The summed E-state index contributed by atoms with van der Waals surface area (Å²) in [4.78, 5) is 2.22. The van der Waals surface area contributed by atoms with E-state index in [2.05, 4.69) is 51.0 Å². The van der Waals surface area contributed by atoms with E-state index in [9.17, 15) is 0 Å². The maximum Gasteiger partial charge on any atom is 0.0425 e. The lowest BCUT2D eigenvalue weighted by atomic mass is 10.0. The zero-order chi connectivity index (χ0) is 9.84. The minimum atomic E-state index is 0. The van der Waals surface area contributed by atoms with Crippen LogP contribution in [0.3, 0.4) is 0 Å². The van der Waals surface area contributed by atoms with Crippen molar-refractivity contribution in [1.29, 1.82) is 0 Å². The Morgan fingerprint density at radius 3 is 1.71 bits per heavy atom. The maximum absolute atomic E-state index is 2.22. The molecule has 0 unspecified atom stereocenters. The molecule has 0 radical (unpaired) electrons. The minimum Gasteiger partial charge on any atom is -0.377 e. The Bertz CT molecular complexity index is 259. The smallest absolute Gasteiger partial charge is 0.0425 e. The van der Waals surface area contributed by atoms with Gasteiger partial charge in [-0.25, -0.2) is 0 Å². The van der Waals surface area contributed by atoms with Gasteiger partial charge in [0.05, 0.1) is 0 Å². The predicted molar refractivity (Wildman–Crippen MR) is 66.8 cm³/mol. The molecule has 0 atom stereocenters. The number of hydrogen-bond donors (Lipinski definition) is 0. The molecule has 80 valence electrons. The summed E-state index contributed by atoms with van der Waals surface area (Å²) in [5, 5.41) is 0. The van der Waals surface area contributed by atoms with Crippen molar-refractivity contribution in [3.8, 4) is 0 Å². The summed E-state index contributed by atoms with van der Waals surface area (Å²) in [6, 6.07) is 6.59. The number of anilines is 1. The second-order valence-corrected chi connectivity index (χ2v) is 3.53. The van der Waals surface area contributed by atoms with Gasteiger partial charge in [-0.3, -0.25) is 0 Å². The van der Waals surface area contributed by atoms with Gasteiger partial charge in [-0.15, -0.1) is 12.4 Å². The molecule has 2 heteroatoms. The van der Waals surface area contributed by atoms with E-state index in [0.29, 0.717) is 0 Å². The summed E-state index contributed by atoms with van der Waals surface area (Å²) in [5.74, 6) is 0. The van der Waals surface area contributed by atoms with E-state index in [-0.39, 0.29) is 12.4 Å². The van der Waals surface area contributed by atoms with Crippen LogP contribution in [0, 0.1) is 0 Å². The molecule has 1 aromatic rings. The number of rotatable bonds is 3. The SMILES string of the molecule is CCc1cccc(CC)c1N(C)C.Cl. The van der Waals surface area contributed by atoms with Gasteiger partial charge in [0, 0.05) is 19.8 Å². The first-order valence-electron chi connectivity index (χ1n) is 4.98. The zero-order valence-electron chi connectivity index (χ0n) is 9.50. The molecule has 0 saturated heterocycles. The first-order chi connectivity index (χ1) is 6.20. The monoisotopic (exact) mass is 213 g/mol. The summed E-state index contributed by atoms with van der Waals surface area (Å²) in [6.45, 7) is 4.42. The molecule has 1 nitrogen and oxygen atoms in total. The lowest BCUT2D eigenvalue weighted by Gasteiger charge is -2.20. The summed E-state index contributed by atoms with van der Waals surface area (Å²) < 4.78 is 0. The molecule has 0 aromatic heterocycles. The van der Waals surface area contributed by atoms with E-state index in [0.717, 1.165) is 12.8 Å². The lowest BCUT2D eigenvalue weighted by molar-refractivity contribution is 1.01. The van der Waals surface area contributed by atoms with Crippen LogP contribution in [-0.2, 0) is 12.8 Å². The predicted octanol–water partition coefficient (Wildman–Crippen LogP) is 3.30. The Balaban J connectivity index is 0.00000169. The van der Waals surface area contributed by atoms with Gasteiger partial charge in [0.25, 0.3) is 0 Å². The van der Waals surface area contributed by atoms with Crippen molar-refractivity contribution in [3.63, 3.8) is 0 Å². The third-order valence-corrected chi connectivity index (χ3v) is 2.41. The molecule has 0 amide bonds. The molecule has 0 saturated carbocycles. The van der Waals surface area contributed by atoms with Crippen LogP contribution in [0.4, 0.5) is 5.69 Å². The number of aryl methyl sites for hydroxylation is 2. The van der Waals surface area contributed by atoms with Crippen LogP contribution in [0.2, 0.25) is 0 Å². The first-order valence-corrected chi connectivity index (χ1v) is 4.98. The van der Waals surface area contributed by atoms with E-state index in [1.165, 1.54) is 16.8 Å². The van der Waals surface area contributed by atoms with Crippen molar-refractivity contribution in [1.82, 2.24) is 0 Å². The third-order valence-electron chi connectivity index (χ3n) is 2.41. The quantitative estimate of drug-likeness (QED) is 0.745. The maximum atomic E-state index is 2.22. The van der Waals surface area contributed by atoms with E-state index < -0.39 is 0 Å². The van der Waals surface area contributed by atoms with Gasteiger partial charge in [0.1, 0.15) is 0 Å². The van der Waals surface area contributed by atoms with E-state index in [1.54, 1.807) is 0 Å². The largest absolute Gasteiger partial charge is 0.377 e.